The quantitative estimate of drug-likeness (QED) is 0.780. The Balaban J connectivity index is 1.86. The number of nitrogens with one attached hydrogen (secondary N) is 1. The highest BCUT2D eigenvalue weighted by atomic mass is 35.5. The maximum absolute atomic E-state index is 12.4. The first kappa shape index (κ1) is 17.0. The van der Waals surface area contributed by atoms with Gasteiger partial charge in [-0.2, -0.15) is 5.10 Å². The van der Waals surface area contributed by atoms with Crippen LogP contribution in [0.25, 0.3) is 10.8 Å². The minimum Gasteiger partial charge on any atom is -0.375 e. The van der Waals surface area contributed by atoms with Crippen LogP contribution in [0.5, 0.6) is 0 Å². The van der Waals surface area contributed by atoms with Crippen LogP contribution in [0.3, 0.4) is 0 Å². The van der Waals surface area contributed by atoms with Crippen molar-refractivity contribution in [2.75, 3.05) is 24.3 Å². The molecule has 0 saturated heterocycles. The minimum absolute atomic E-state index is 0.178. The number of halogens is 1. The molecule has 1 aromatic heterocycles. The Morgan fingerprint density at radius 3 is 2.72 bits per heavy atom. The van der Waals surface area contributed by atoms with Crippen LogP contribution in [0.1, 0.15) is 0 Å². The summed E-state index contributed by atoms with van der Waals surface area (Å²) in [6.45, 7) is -0.178. The molecule has 25 heavy (non-hydrogen) atoms. The minimum atomic E-state index is -0.352. The molecule has 0 aliphatic rings. The molecule has 0 spiro atoms. The van der Waals surface area contributed by atoms with Crippen molar-refractivity contribution in [1.29, 1.82) is 0 Å². The summed E-state index contributed by atoms with van der Waals surface area (Å²) in [6, 6.07) is 12.4. The molecule has 1 heterocycles. The molecule has 128 valence electrons. The second-order valence-electron chi connectivity index (χ2n) is 5.77. The number of hydrogen-bond acceptors (Lipinski definition) is 4. The van der Waals surface area contributed by atoms with Gasteiger partial charge in [0.15, 0.2) is 0 Å². The number of amides is 1. The Morgan fingerprint density at radius 2 is 1.96 bits per heavy atom. The number of benzene rings is 2. The molecule has 1 amide bonds. The predicted octanol–water partition coefficient (Wildman–Crippen LogP) is 2.75. The monoisotopic (exact) mass is 356 g/mol. The fourth-order valence-electron chi connectivity index (χ4n) is 2.64. The molecule has 7 heteroatoms. The van der Waals surface area contributed by atoms with Gasteiger partial charge in [0.25, 0.3) is 5.56 Å². The highest BCUT2D eigenvalue weighted by Crippen LogP contribution is 2.32. The van der Waals surface area contributed by atoms with Crippen molar-refractivity contribution < 1.29 is 4.79 Å². The molecule has 0 aliphatic carbocycles. The van der Waals surface area contributed by atoms with Gasteiger partial charge in [0.2, 0.25) is 5.91 Å². The molecule has 0 atom stereocenters. The second-order valence-corrected chi connectivity index (χ2v) is 6.18. The first-order valence-corrected chi connectivity index (χ1v) is 8.05. The first-order valence-electron chi connectivity index (χ1n) is 7.68. The van der Waals surface area contributed by atoms with E-state index >= 15 is 0 Å². The van der Waals surface area contributed by atoms with Crippen molar-refractivity contribution in [3.05, 3.63) is 64.0 Å². The van der Waals surface area contributed by atoms with Crippen molar-refractivity contribution in [3.8, 4) is 0 Å². The third-order valence-electron chi connectivity index (χ3n) is 3.76. The van der Waals surface area contributed by atoms with Crippen molar-refractivity contribution >= 4 is 39.7 Å². The van der Waals surface area contributed by atoms with Gasteiger partial charge in [0.05, 0.1) is 28.0 Å². The number of rotatable bonds is 4. The fraction of sp³-hybridized carbons (Fsp3) is 0.167. The predicted molar refractivity (Wildman–Crippen MR) is 100 cm³/mol. The molecule has 2 aromatic carbocycles. The van der Waals surface area contributed by atoms with Gasteiger partial charge in [-0.05, 0) is 18.2 Å². The van der Waals surface area contributed by atoms with E-state index in [0.29, 0.717) is 21.8 Å². The van der Waals surface area contributed by atoms with Crippen molar-refractivity contribution in [3.63, 3.8) is 0 Å². The van der Waals surface area contributed by atoms with E-state index in [9.17, 15) is 9.59 Å². The summed E-state index contributed by atoms with van der Waals surface area (Å²) in [7, 11) is 3.68. The van der Waals surface area contributed by atoms with Gasteiger partial charge >= 0.3 is 0 Å². The van der Waals surface area contributed by atoms with E-state index in [4.69, 9.17) is 11.6 Å². The molecule has 3 rings (SSSR count). The Kier molecular flexibility index (Phi) is 4.72. The molecule has 0 radical (unpaired) electrons. The molecule has 0 aliphatic heterocycles. The fourth-order valence-corrected chi connectivity index (χ4v) is 2.98. The number of carbonyl (C=O) groups excluding carboxylic acids is 1. The van der Waals surface area contributed by atoms with Crippen molar-refractivity contribution in [1.82, 2.24) is 9.78 Å². The Hall–Kier alpha value is -2.86. The zero-order valence-electron chi connectivity index (χ0n) is 13.9. The number of fused-ring (bicyclic) bond motifs is 1. The van der Waals surface area contributed by atoms with Gasteiger partial charge in [-0.3, -0.25) is 9.59 Å². The Morgan fingerprint density at radius 1 is 1.20 bits per heavy atom. The molecule has 0 fully saturated rings. The van der Waals surface area contributed by atoms with E-state index in [-0.39, 0.29) is 18.0 Å². The maximum Gasteiger partial charge on any atom is 0.275 e. The summed E-state index contributed by atoms with van der Waals surface area (Å²) < 4.78 is 1.15. The SMILES string of the molecule is CN(C)c1c(Cl)cccc1NC(=O)Cn1ncc2ccccc2c1=O. The van der Waals surface area contributed by atoms with Crippen LogP contribution in [-0.2, 0) is 11.3 Å². The topological polar surface area (TPSA) is 67.2 Å². The van der Waals surface area contributed by atoms with Crippen LogP contribution in [0, 0.1) is 0 Å². The Bertz CT molecular complexity index is 998. The van der Waals surface area contributed by atoms with E-state index in [1.54, 1.807) is 36.5 Å². The molecule has 6 nitrogen and oxygen atoms in total. The number of anilines is 2. The maximum atomic E-state index is 12.4. The summed E-state index contributed by atoms with van der Waals surface area (Å²) in [5, 5.41) is 8.67. The lowest BCUT2D eigenvalue weighted by Gasteiger charge is -2.19. The molecule has 3 aromatic rings. The van der Waals surface area contributed by atoms with Gasteiger partial charge in [0.1, 0.15) is 6.54 Å². The van der Waals surface area contributed by atoms with Crippen molar-refractivity contribution in [2.24, 2.45) is 0 Å². The van der Waals surface area contributed by atoms with Crippen LogP contribution in [0.4, 0.5) is 11.4 Å². The van der Waals surface area contributed by atoms with Crippen LogP contribution in [0.15, 0.2) is 53.5 Å². The summed E-state index contributed by atoms with van der Waals surface area (Å²) >= 11 is 6.20. The zero-order valence-corrected chi connectivity index (χ0v) is 14.6. The smallest absolute Gasteiger partial charge is 0.275 e. The number of carbonyl (C=O) groups is 1. The Labute approximate surface area is 149 Å². The average Bonchev–Trinajstić information content (AvgIpc) is 2.57. The number of hydrogen-bond donors (Lipinski definition) is 1. The molecule has 0 saturated carbocycles. The average molecular weight is 357 g/mol. The lowest BCUT2D eigenvalue weighted by molar-refractivity contribution is -0.117. The molecule has 1 N–H and O–H groups in total. The lowest BCUT2D eigenvalue weighted by Crippen LogP contribution is -2.29. The second kappa shape index (κ2) is 6.94. The number of aromatic nitrogens is 2. The van der Waals surface area contributed by atoms with E-state index in [2.05, 4.69) is 10.4 Å². The summed E-state index contributed by atoms with van der Waals surface area (Å²) in [6.07, 6.45) is 1.58. The molecular formula is C18H17ClN4O2. The highest BCUT2D eigenvalue weighted by molar-refractivity contribution is 6.34. The zero-order chi connectivity index (χ0) is 18.0. The van der Waals surface area contributed by atoms with Gasteiger partial charge in [0, 0.05) is 19.5 Å². The van der Waals surface area contributed by atoms with Gasteiger partial charge in [-0.1, -0.05) is 35.9 Å². The van der Waals surface area contributed by atoms with Gasteiger partial charge in [-0.15, -0.1) is 0 Å². The van der Waals surface area contributed by atoms with E-state index in [1.165, 1.54) is 0 Å². The number of para-hydroxylation sites is 1. The third kappa shape index (κ3) is 3.49. The van der Waals surface area contributed by atoms with Crippen LogP contribution in [-0.4, -0.2) is 29.8 Å². The summed E-state index contributed by atoms with van der Waals surface area (Å²) in [5.41, 5.74) is 0.986. The number of nitrogens with zero attached hydrogens (tertiary/aromatic N) is 3. The summed E-state index contributed by atoms with van der Waals surface area (Å²) in [4.78, 5) is 26.6. The molecule has 0 unspecified atom stereocenters. The van der Waals surface area contributed by atoms with Gasteiger partial charge in [-0.25, -0.2) is 4.68 Å². The standard InChI is InChI=1S/C18H17ClN4O2/c1-22(2)17-14(19)8-5-9-15(17)21-16(24)11-23-18(25)13-7-4-3-6-12(13)10-20-23/h3-10H,11H2,1-2H3,(H,21,24). The molecular weight excluding hydrogens is 340 g/mol. The van der Waals surface area contributed by atoms with Gasteiger partial charge < -0.3 is 10.2 Å². The van der Waals surface area contributed by atoms with E-state index in [1.807, 2.05) is 31.1 Å². The first-order chi connectivity index (χ1) is 12.0. The largest absolute Gasteiger partial charge is 0.375 e. The van der Waals surface area contributed by atoms with Crippen LogP contribution >= 0.6 is 11.6 Å². The highest BCUT2D eigenvalue weighted by Gasteiger charge is 2.13. The van der Waals surface area contributed by atoms with E-state index < -0.39 is 0 Å². The molecule has 0 bridgehead atoms. The summed E-state index contributed by atoms with van der Waals surface area (Å²) in [5.74, 6) is -0.352. The van der Waals surface area contributed by atoms with Crippen molar-refractivity contribution in [2.45, 2.75) is 6.54 Å². The van der Waals surface area contributed by atoms with Crippen LogP contribution in [0.2, 0.25) is 5.02 Å². The van der Waals surface area contributed by atoms with E-state index in [0.717, 1.165) is 10.1 Å². The van der Waals surface area contributed by atoms with Crippen LogP contribution < -0.4 is 15.8 Å². The lowest BCUT2D eigenvalue weighted by atomic mass is 10.2. The third-order valence-corrected chi connectivity index (χ3v) is 4.07. The normalized spacial score (nSPS) is 10.7.